The Balaban J connectivity index is 1.88. The van der Waals surface area contributed by atoms with Crippen LogP contribution in [0.5, 0.6) is 0 Å². The zero-order chi connectivity index (χ0) is 12.3. The van der Waals surface area contributed by atoms with Crippen LogP contribution in [0.3, 0.4) is 0 Å². The average Bonchev–Trinajstić information content (AvgIpc) is 2.63. The Kier molecular flexibility index (Phi) is 4.43. The van der Waals surface area contributed by atoms with E-state index in [0.29, 0.717) is 18.0 Å². The van der Waals surface area contributed by atoms with Gasteiger partial charge in [0.15, 0.2) is 0 Å². The van der Waals surface area contributed by atoms with Crippen LogP contribution in [0.1, 0.15) is 52.4 Å². The molecule has 2 rings (SSSR count). The Bertz CT molecular complexity index is 267. The number of carbonyl (C=O) groups is 1. The first-order valence-corrected chi connectivity index (χ1v) is 7.22. The van der Waals surface area contributed by atoms with Crippen LogP contribution in [0.4, 0.5) is 0 Å². The maximum atomic E-state index is 12.2. The van der Waals surface area contributed by atoms with Gasteiger partial charge in [-0.05, 0) is 38.6 Å². The molecule has 3 heteroatoms. The Morgan fingerprint density at radius 3 is 2.59 bits per heavy atom. The number of carbonyl (C=O) groups excluding carboxylic acids is 1. The molecule has 4 atom stereocenters. The van der Waals surface area contributed by atoms with Crippen molar-refractivity contribution in [1.29, 1.82) is 0 Å². The first kappa shape index (κ1) is 12.9. The van der Waals surface area contributed by atoms with Crippen LogP contribution in [0.15, 0.2) is 0 Å². The predicted octanol–water partition coefficient (Wildman–Crippen LogP) is 2.07. The summed E-state index contributed by atoms with van der Waals surface area (Å²) >= 11 is 0. The van der Waals surface area contributed by atoms with Crippen molar-refractivity contribution < 1.29 is 4.79 Å². The smallest absolute Gasteiger partial charge is 0.224 e. The maximum absolute atomic E-state index is 12.2. The molecule has 0 radical (unpaired) electrons. The molecule has 1 aliphatic carbocycles. The van der Waals surface area contributed by atoms with E-state index in [-0.39, 0.29) is 11.8 Å². The first-order valence-electron chi connectivity index (χ1n) is 7.22. The zero-order valence-electron chi connectivity index (χ0n) is 11.2. The zero-order valence-corrected chi connectivity index (χ0v) is 11.2. The van der Waals surface area contributed by atoms with Crippen LogP contribution in [0.25, 0.3) is 0 Å². The molecule has 1 aliphatic heterocycles. The van der Waals surface area contributed by atoms with E-state index < -0.39 is 0 Å². The average molecular weight is 238 g/mol. The highest BCUT2D eigenvalue weighted by molar-refractivity contribution is 5.80. The predicted molar refractivity (Wildman–Crippen MR) is 69.8 cm³/mol. The van der Waals surface area contributed by atoms with Gasteiger partial charge >= 0.3 is 0 Å². The Morgan fingerprint density at radius 1 is 1.12 bits per heavy atom. The van der Waals surface area contributed by atoms with Crippen molar-refractivity contribution in [3.05, 3.63) is 0 Å². The van der Waals surface area contributed by atoms with Gasteiger partial charge in [-0.15, -0.1) is 0 Å². The molecule has 4 unspecified atom stereocenters. The second-order valence-corrected chi connectivity index (χ2v) is 5.87. The van der Waals surface area contributed by atoms with E-state index in [2.05, 4.69) is 24.5 Å². The van der Waals surface area contributed by atoms with Crippen molar-refractivity contribution in [2.45, 2.75) is 64.5 Å². The van der Waals surface area contributed by atoms with Crippen molar-refractivity contribution in [3.63, 3.8) is 0 Å². The summed E-state index contributed by atoms with van der Waals surface area (Å²) in [6.45, 7) is 5.39. The molecule has 0 bridgehead atoms. The summed E-state index contributed by atoms with van der Waals surface area (Å²) in [5, 5.41) is 6.65. The van der Waals surface area contributed by atoms with Crippen LogP contribution in [-0.2, 0) is 4.79 Å². The van der Waals surface area contributed by atoms with Gasteiger partial charge in [0.25, 0.3) is 0 Å². The standard InChI is InChI=1S/C14H26N2O/c1-10-6-4-3-5-7-13(10)16-14(17)12-8-9-15-11(12)2/h10-13,15H,3-9H2,1-2H3,(H,16,17). The van der Waals surface area contributed by atoms with Gasteiger partial charge in [-0.25, -0.2) is 0 Å². The van der Waals surface area contributed by atoms with E-state index in [1.54, 1.807) is 0 Å². The molecule has 0 aromatic carbocycles. The minimum atomic E-state index is 0.186. The monoisotopic (exact) mass is 238 g/mol. The Labute approximate surface area is 105 Å². The minimum absolute atomic E-state index is 0.186. The number of rotatable bonds is 2. The molecule has 2 aliphatic rings. The molecule has 0 spiro atoms. The van der Waals surface area contributed by atoms with Gasteiger partial charge < -0.3 is 10.6 Å². The summed E-state index contributed by atoms with van der Waals surface area (Å²) in [5.74, 6) is 1.11. The SMILES string of the molecule is CC1CCCCCC1NC(=O)C1CCNC1C. The van der Waals surface area contributed by atoms with Gasteiger partial charge in [-0.2, -0.15) is 0 Å². The molecule has 0 aromatic heterocycles. The van der Waals surface area contributed by atoms with E-state index in [4.69, 9.17) is 0 Å². The molecule has 2 fully saturated rings. The van der Waals surface area contributed by atoms with E-state index in [1.165, 1.54) is 32.1 Å². The van der Waals surface area contributed by atoms with Crippen molar-refractivity contribution in [3.8, 4) is 0 Å². The molecular formula is C14H26N2O. The summed E-state index contributed by atoms with van der Waals surface area (Å²) in [5.41, 5.74) is 0. The first-order chi connectivity index (χ1) is 8.18. The lowest BCUT2D eigenvalue weighted by Crippen LogP contribution is -2.44. The Morgan fingerprint density at radius 2 is 1.88 bits per heavy atom. The molecule has 1 saturated carbocycles. The van der Waals surface area contributed by atoms with Crippen LogP contribution >= 0.6 is 0 Å². The van der Waals surface area contributed by atoms with Crippen LogP contribution in [0.2, 0.25) is 0 Å². The quantitative estimate of drug-likeness (QED) is 0.723. The Hall–Kier alpha value is -0.570. The third kappa shape index (κ3) is 3.21. The minimum Gasteiger partial charge on any atom is -0.353 e. The fourth-order valence-electron chi connectivity index (χ4n) is 3.21. The molecule has 0 aromatic rings. The molecule has 2 N–H and O–H groups in total. The highest BCUT2D eigenvalue weighted by Gasteiger charge is 2.31. The number of hydrogen-bond acceptors (Lipinski definition) is 2. The lowest BCUT2D eigenvalue weighted by atomic mass is 9.94. The number of nitrogens with one attached hydrogen (secondary N) is 2. The lowest BCUT2D eigenvalue weighted by Gasteiger charge is -2.25. The van der Waals surface area contributed by atoms with Crippen molar-refractivity contribution in [1.82, 2.24) is 10.6 Å². The third-order valence-electron chi connectivity index (χ3n) is 4.55. The molecule has 1 saturated heterocycles. The van der Waals surface area contributed by atoms with Gasteiger partial charge in [-0.1, -0.05) is 26.2 Å². The van der Waals surface area contributed by atoms with Crippen molar-refractivity contribution >= 4 is 5.91 Å². The van der Waals surface area contributed by atoms with E-state index in [1.807, 2.05) is 0 Å². The fourth-order valence-corrected chi connectivity index (χ4v) is 3.21. The maximum Gasteiger partial charge on any atom is 0.224 e. The molecule has 1 amide bonds. The highest BCUT2D eigenvalue weighted by atomic mass is 16.2. The lowest BCUT2D eigenvalue weighted by molar-refractivity contribution is -0.126. The summed E-state index contributed by atoms with van der Waals surface area (Å²) in [6.07, 6.45) is 7.36. The summed E-state index contributed by atoms with van der Waals surface area (Å²) in [6, 6.07) is 0.758. The van der Waals surface area contributed by atoms with Crippen LogP contribution in [0, 0.1) is 11.8 Å². The van der Waals surface area contributed by atoms with Crippen LogP contribution in [-0.4, -0.2) is 24.5 Å². The summed E-state index contributed by atoms with van der Waals surface area (Å²) in [4.78, 5) is 12.2. The van der Waals surface area contributed by atoms with Gasteiger partial charge in [0.2, 0.25) is 5.91 Å². The van der Waals surface area contributed by atoms with Crippen LogP contribution < -0.4 is 10.6 Å². The highest BCUT2D eigenvalue weighted by Crippen LogP contribution is 2.24. The van der Waals surface area contributed by atoms with Crippen molar-refractivity contribution in [2.24, 2.45) is 11.8 Å². The van der Waals surface area contributed by atoms with Gasteiger partial charge in [-0.3, -0.25) is 4.79 Å². The molecular weight excluding hydrogens is 212 g/mol. The van der Waals surface area contributed by atoms with E-state index >= 15 is 0 Å². The normalized spacial score (nSPS) is 38.7. The van der Waals surface area contributed by atoms with Gasteiger partial charge in [0, 0.05) is 12.1 Å². The largest absolute Gasteiger partial charge is 0.353 e. The second-order valence-electron chi connectivity index (χ2n) is 5.87. The van der Waals surface area contributed by atoms with E-state index in [9.17, 15) is 4.79 Å². The summed E-state index contributed by atoms with van der Waals surface area (Å²) in [7, 11) is 0. The molecule has 1 heterocycles. The summed E-state index contributed by atoms with van der Waals surface area (Å²) < 4.78 is 0. The number of hydrogen-bond donors (Lipinski definition) is 2. The topological polar surface area (TPSA) is 41.1 Å². The number of amides is 1. The van der Waals surface area contributed by atoms with Crippen molar-refractivity contribution in [2.75, 3.05) is 6.54 Å². The molecule has 3 nitrogen and oxygen atoms in total. The molecule has 17 heavy (non-hydrogen) atoms. The molecule has 98 valence electrons. The van der Waals surface area contributed by atoms with Gasteiger partial charge in [0.05, 0.1) is 5.92 Å². The fraction of sp³-hybridized carbons (Fsp3) is 0.929. The second kappa shape index (κ2) is 5.85. The van der Waals surface area contributed by atoms with Gasteiger partial charge in [0.1, 0.15) is 0 Å². The van der Waals surface area contributed by atoms with E-state index in [0.717, 1.165) is 13.0 Å². The third-order valence-corrected chi connectivity index (χ3v) is 4.55.